The normalized spacial score (nSPS) is 11.3. The summed E-state index contributed by atoms with van der Waals surface area (Å²) in [4.78, 5) is 0. The summed E-state index contributed by atoms with van der Waals surface area (Å²) in [6.07, 6.45) is 0. The Bertz CT molecular complexity index is 971. The summed E-state index contributed by atoms with van der Waals surface area (Å²) in [5.41, 5.74) is 2.35. The first-order chi connectivity index (χ1) is 10.2. The Morgan fingerprint density at radius 2 is 1.48 bits per heavy atom. The molecule has 0 N–H and O–H groups in total. The van der Waals surface area contributed by atoms with E-state index in [1.54, 1.807) is 0 Å². The predicted octanol–water partition coefficient (Wildman–Crippen LogP) is 7.14. The molecule has 0 unspecified atom stereocenters. The quantitative estimate of drug-likeness (QED) is 0.332. The lowest BCUT2D eigenvalue weighted by Gasteiger charge is -2.03. The van der Waals surface area contributed by atoms with Crippen LogP contribution in [0.4, 0.5) is 0 Å². The van der Waals surface area contributed by atoms with Gasteiger partial charge in [-0.25, -0.2) is 0 Å². The van der Waals surface area contributed by atoms with Crippen LogP contribution in [-0.4, -0.2) is 0 Å². The van der Waals surface area contributed by atoms with Crippen molar-refractivity contribution in [1.82, 2.24) is 0 Å². The van der Waals surface area contributed by atoms with Gasteiger partial charge < -0.3 is 0 Å². The molecule has 0 aliphatic heterocycles. The van der Waals surface area contributed by atoms with Gasteiger partial charge in [0.2, 0.25) is 0 Å². The van der Waals surface area contributed by atoms with Crippen molar-refractivity contribution in [3.63, 3.8) is 0 Å². The summed E-state index contributed by atoms with van der Waals surface area (Å²) in [6.45, 7) is 0. The van der Waals surface area contributed by atoms with Crippen molar-refractivity contribution < 1.29 is 0 Å². The Labute approximate surface area is 140 Å². The van der Waals surface area contributed by atoms with Gasteiger partial charge in [-0.3, -0.25) is 0 Å². The van der Waals surface area contributed by atoms with Crippen LogP contribution in [0.2, 0.25) is 5.02 Å². The molecular weight excluding hydrogens is 364 g/mol. The topological polar surface area (TPSA) is 0 Å². The maximum Gasteiger partial charge on any atom is 0.0412 e. The van der Waals surface area contributed by atoms with Crippen LogP contribution in [0.15, 0.2) is 65.1 Å². The smallest absolute Gasteiger partial charge is 0.0412 e. The molecule has 102 valence electrons. The lowest BCUT2D eigenvalue weighted by Crippen LogP contribution is -1.77. The van der Waals surface area contributed by atoms with Crippen molar-refractivity contribution >= 4 is 59.0 Å². The number of halogens is 2. The van der Waals surface area contributed by atoms with E-state index in [1.807, 2.05) is 29.5 Å². The summed E-state index contributed by atoms with van der Waals surface area (Å²) in [5, 5.41) is 3.37. The minimum absolute atomic E-state index is 0.769. The molecule has 0 atom stereocenters. The van der Waals surface area contributed by atoms with E-state index in [9.17, 15) is 0 Å². The van der Waals surface area contributed by atoms with E-state index in [-0.39, 0.29) is 0 Å². The highest BCUT2D eigenvalue weighted by Gasteiger charge is 2.07. The minimum atomic E-state index is 0.769. The van der Waals surface area contributed by atoms with Gasteiger partial charge in [0.05, 0.1) is 0 Å². The van der Waals surface area contributed by atoms with Crippen LogP contribution in [0.1, 0.15) is 0 Å². The summed E-state index contributed by atoms with van der Waals surface area (Å²) < 4.78 is 3.74. The fraction of sp³-hybridized carbons (Fsp3) is 0. The van der Waals surface area contributed by atoms with Gasteiger partial charge in [-0.1, -0.05) is 45.7 Å². The molecule has 0 radical (unpaired) electrons. The van der Waals surface area contributed by atoms with Gasteiger partial charge in [-0.15, -0.1) is 11.3 Å². The first-order valence-corrected chi connectivity index (χ1v) is 8.57. The third-order valence-electron chi connectivity index (χ3n) is 3.59. The summed E-state index contributed by atoms with van der Waals surface area (Å²) in [7, 11) is 0. The summed E-state index contributed by atoms with van der Waals surface area (Å²) in [5.74, 6) is 0. The van der Waals surface area contributed by atoms with Crippen LogP contribution in [0, 0.1) is 0 Å². The van der Waals surface area contributed by atoms with Gasteiger partial charge in [0, 0.05) is 29.7 Å². The second-order valence-electron chi connectivity index (χ2n) is 4.96. The fourth-order valence-electron chi connectivity index (χ4n) is 2.60. The monoisotopic (exact) mass is 372 g/mol. The third kappa shape index (κ3) is 2.38. The molecule has 0 fully saturated rings. The van der Waals surface area contributed by atoms with E-state index >= 15 is 0 Å². The average molecular weight is 374 g/mol. The molecule has 3 heteroatoms. The van der Waals surface area contributed by atoms with E-state index in [2.05, 4.69) is 58.4 Å². The molecule has 3 aromatic carbocycles. The van der Waals surface area contributed by atoms with Crippen molar-refractivity contribution in [1.29, 1.82) is 0 Å². The summed E-state index contributed by atoms with van der Waals surface area (Å²) in [6, 6.07) is 21.1. The zero-order valence-electron chi connectivity index (χ0n) is 10.9. The number of rotatable bonds is 1. The van der Waals surface area contributed by atoms with Gasteiger partial charge in [-0.2, -0.15) is 0 Å². The maximum atomic E-state index is 6.10. The van der Waals surface area contributed by atoms with Gasteiger partial charge in [-0.05, 0) is 53.6 Å². The lowest BCUT2D eigenvalue weighted by molar-refractivity contribution is 1.65. The van der Waals surface area contributed by atoms with E-state index in [0.29, 0.717) is 0 Å². The standard InChI is InChI=1S/C18H10BrClS/c19-13-5-7-18-16(10-13)15-9-12(4-6-17(15)21-18)11-2-1-3-14(20)8-11/h1-10H. The second-order valence-corrected chi connectivity index (χ2v) is 7.40. The molecule has 4 rings (SSSR count). The Kier molecular flexibility index (Phi) is 3.26. The van der Waals surface area contributed by atoms with E-state index < -0.39 is 0 Å². The number of thiophene rings is 1. The number of benzene rings is 3. The first-order valence-electron chi connectivity index (χ1n) is 6.58. The molecule has 0 amide bonds. The van der Waals surface area contributed by atoms with Crippen molar-refractivity contribution in [3.05, 3.63) is 70.2 Å². The summed E-state index contributed by atoms with van der Waals surface area (Å²) >= 11 is 11.5. The molecule has 1 heterocycles. The van der Waals surface area contributed by atoms with Crippen LogP contribution in [0.5, 0.6) is 0 Å². The fourth-order valence-corrected chi connectivity index (χ4v) is 4.22. The van der Waals surface area contributed by atoms with E-state index in [4.69, 9.17) is 11.6 Å². The first kappa shape index (κ1) is 13.3. The van der Waals surface area contributed by atoms with E-state index in [1.165, 1.54) is 25.7 Å². The predicted molar refractivity (Wildman–Crippen MR) is 97.5 cm³/mol. The Balaban J connectivity index is 2.00. The van der Waals surface area contributed by atoms with Crippen LogP contribution in [0.3, 0.4) is 0 Å². The number of hydrogen-bond acceptors (Lipinski definition) is 1. The zero-order valence-corrected chi connectivity index (χ0v) is 14.1. The Morgan fingerprint density at radius 1 is 0.762 bits per heavy atom. The molecule has 21 heavy (non-hydrogen) atoms. The minimum Gasteiger partial charge on any atom is -0.135 e. The highest BCUT2D eigenvalue weighted by Crippen LogP contribution is 2.37. The highest BCUT2D eigenvalue weighted by molar-refractivity contribution is 9.10. The van der Waals surface area contributed by atoms with Crippen molar-refractivity contribution in [2.45, 2.75) is 0 Å². The Hall–Kier alpha value is -1.35. The number of hydrogen-bond donors (Lipinski definition) is 0. The van der Waals surface area contributed by atoms with Crippen molar-refractivity contribution in [2.24, 2.45) is 0 Å². The van der Waals surface area contributed by atoms with Crippen LogP contribution in [-0.2, 0) is 0 Å². The van der Waals surface area contributed by atoms with Crippen LogP contribution in [0.25, 0.3) is 31.3 Å². The van der Waals surface area contributed by atoms with E-state index in [0.717, 1.165) is 15.1 Å². The molecule has 0 saturated heterocycles. The molecule has 1 aromatic heterocycles. The molecule has 0 saturated carbocycles. The van der Waals surface area contributed by atoms with Crippen LogP contribution >= 0.6 is 38.9 Å². The molecular formula is C18H10BrClS. The number of fused-ring (bicyclic) bond motifs is 3. The van der Waals surface area contributed by atoms with Crippen molar-refractivity contribution in [2.75, 3.05) is 0 Å². The van der Waals surface area contributed by atoms with Gasteiger partial charge in [0.1, 0.15) is 0 Å². The van der Waals surface area contributed by atoms with Gasteiger partial charge in [0.25, 0.3) is 0 Å². The molecule has 0 bridgehead atoms. The SMILES string of the molecule is Clc1cccc(-c2ccc3sc4ccc(Br)cc4c3c2)c1. The molecule has 4 aromatic rings. The van der Waals surface area contributed by atoms with Gasteiger partial charge >= 0.3 is 0 Å². The lowest BCUT2D eigenvalue weighted by atomic mass is 10.0. The molecule has 0 aliphatic rings. The van der Waals surface area contributed by atoms with Crippen LogP contribution < -0.4 is 0 Å². The average Bonchev–Trinajstić information content (AvgIpc) is 2.84. The highest BCUT2D eigenvalue weighted by atomic mass is 79.9. The molecule has 0 nitrogen and oxygen atoms in total. The maximum absolute atomic E-state index is 6.10. The zero-order chi connectivity index (χ0) is 14.4. The third-order valence-corrected chi connectivity index (χ3v) is 5.47. The van der Waals surface area contributed by atoms with Gasteiger partial charge in [0.15, 0.2) is 0 Å². The second kappa shape index (κ2) is 5.13. The largest absolute Gasteiger partial charge is 0.135 e. The molecule has 0 aliphatic carbocycles. The Morgan fingerprint density at radius 3 is 2.29 bits per heavy atom. The van der Waals surface area contributed by atoms with Crippen molar-refractivity contribution in [3.8, 4) is 11.1 Å². The molecule has 0 spiro atoms.